The Balaban J connectivity index is 2.82. The van der Waals surface area contributed by atoms with Crippen molar-refractivity contribution in [2.24, 2.45) is 0 Å². The molecule has 3 nitrogen and oxygen atoms in total. The summed E-state index contributed by atoms with van der Waals surface area (Å²) in [5.74, 6) is -0.0880. The van der Waals surface area contributed by atoms with Crippen molar-refractivity contribution >= 4 is 23.2 Å². The summed E-state index contributed by atoms with van der Waals surface area (Å²) in [6.45, 7) is 5.56. The molecule has 0 heterocycles. The van der Waals surface area contributed by atoms with Crippen LogP contribution in [0.3, 0.4) is 0 Å². The lowest BCUT2D eigenvalue weighted by Gasteiger charge is -2.22. The molecule has 0 radical (unpaired) electrons. The number of carbonyl (C=O) groups is 1. The van der Waals surface area contributed by atoms with Crippen molar-refractivity contribution in [2.45, 2.75) is 26.3 Å². The van der Waals surface area contributed by atoms with Crippen molar-refractivity contribution in [1.82, 2.24) is 5.32 Å². The Bertz CT molecular complexity index is 402. The van der Waals surface area contributed by atoms with E-state index in [4.69, 9.17) is 11.6 Å². The molecule has 0 saturated carbocycles. The molecule has 88 valence electrons. The van der Waals surface area contributed by atoms with Crippen LogP contribution >= 0.6 is 11.6 Å². The number of aryl methyl sites for hydroxylation is 1. The molecule has 1 rings (SSSR count). The minimum Gasteiger partial charge on any atom is -0.324 e. The van der Waals surface area contributed by atoms with Crippen LogP contribution in [-0.4, -0.2) is 18.5 Å². The summed E-state index contributed by atoms with van der Waals surface area (Å²) in [5.41, 5.74) is 1.11. The predicted octanol–water partition coefficient (Wildman–Crippen LogP) is 2.58. The smallest absolute Gasteiger partial charge is 0.244 e. The number of carbonyl (C=O) groups excluding carboxylic acids is 1. The van der Waals surface area contributed by atoms with Gasteiger partial charge in [0.25, 0.3) is 0 Å². The van der Waals surface area contributed by atoms with Gasteiger partial charge in [0.05, 0.1) is 5.54 Å². The van der Waals surface area contributed by atoms with E-state index < -0.39 is 5.54 Å². The monoisotopic (exact) mass is 240 g/mol. The quantitative estimate of drug-likeness (QED) is 0.853. The summed E-state index contributed by atoms with van der Waals surface area (Å²) < 4.78 is 0. The Labute approximate surface area is 101 Å². The first-order valence-electron chi connectivity index (χ1n) is 5.13. The van der Waals surface area contributed by atoms with E-state index >= 15 is 0 Å². The molecule has 0 bridgehead atoms. The Morgan fingerprint density at radius 2 is 2.00 bits per heavy atom. The van der Waals surface area contributed by atoms with Crippen molar-refractivity contribution < 1.29 is 4.79 Å². The van der Waals surface area contributed by atoms with Gasteiger partial charge in [-0.25, -0.2) is 0 Å². The van der Waals surface area contributed by atoms with E-state index in [0.717, 1.165) is 5.56 Å². The average molecular weight is 241 g/mol. The summed E-state index contributed by atoms with van der Waals surface area (Å²) in [6, 6.07) is 5.47. The van der Waals surface area contributed by atoms with Crippen LogP contribution in [0.2, 0.25) is 5.02 Å². The zero-order chi connectivity index (χ0) is 12.3. The van der Waals surface area contributed by atoms with Crippen LogP contribution in [0.5, 0.6) is 0 Å². The number of anilines is 1. The highest BCUT2D eigenvalue weighted by molar-refractivity contribution is 6.31. The van der Waals surface area contributed by atoms with Gasteiger partial charge in [0.15, 0.2) is 0 Å². The van der Waals surface area contributed by atoms with E-state index in [0.29, 0.717) is 10.7 Å². The molecule has 0 aliphatic rings. The largest absolute Gasteiger partial charge is 0.324 e. The normalized spacial score (nSPS) is 11.3. The maximum Gasteiger partial charge on any atom is 0.244 e. The zero-order valence-corrected chi connectivity index (χ0v) is 10.8. The second-order valence-electron chi connectivity index (χ2n) is 4.29. The molecule has 0 aliphatic heterocycles. The lowest BCUT2D eigenvalue weighted by Crippen LogP contribution is -2.47. The highest BCUT2D eigenvalue weighted by Gasteiger charge is 2.25. The molecule has 1 aromatic rings. The summed E-state index contributed by atoms with van der Waals surface area (Å²) >= 11 is 5.98. The Hall–Kier alpha value is -1.06. The average Bonchev–Trinajstić information content (AvgIpc) is 2.23. The fourth-order valence-electron chi connectivity index (χ4n) is 1.07. The molecule has 0 atom stereocenters. The van der Waals surface area contributed by atoms with Gasteiger partial charge in [-0.05, 0) is 45.5 Å². The second-order valence-corrected chi connectivity index (χ2v) is 4.70. The number of amides is 1. The molecule has 4 heteroatoms. The number of rotatable bonds is 3. The first-order chi connectivity index (χ1) is 7.36. The number of benzene rings is 1. The van der Waals surface area contributed by atoms with Gasteiger partial charge >= 0.3 is 0 Å². The van der Waals surface area contributed by atoms with Gasteiger partial charge in [0.2, 0.25) is 5.91 Å². The maximum atomic E-state index is 11.8. The Kier molecular flexibility index (Phi) is 3.94. The fourth-order valence-corrected chi connectivity index (χ4v) is 1.25. The summed E-state index contributed by atoms with van der Waals surface area (Å²) in [5, 5.41) is 6.41. The van der Waals surface area contributed by atoms with E-state index in [1.165, 1.54) is 0 Å². The SMILES string of the molecule is CNC(C)(C)C(=O)Nc1ccc(C)c(Cl)c1. The first kappa shape index (κ1) is 13.0. The van der Waals surface area contributed by atoms with Crippen LogP contribution in [0.4, 0.5) is 5.69 Å². The van der Waals surface area contributed by atoms with Crippen LogP contribution in [0.25, 0.3) is 0 Å². The highest BCUT2D eigenvalue weighted by Crippen LogP contribution is 2.20. The summed E-state index contributed by atoms with van der Waals surface area (Å²) in [6.07, 6.45) is 0. The summed E-state index contributed by atoms with van der Waals surface area (Å²) in [7, 11) is 1.75. The molecule has 0 spiro atoms. The molecular weight excluding hydrogens is 224 g/mol. The van der Waals surface area contributed by atoms with Gasteiger partial charge in [-0.15, -0.1) is 0 Å². The van der Waals surface area contributed by atoms with Crippen LogP contribution in [0.1, 0.15) is 19.4 Å². The van der Waals surface area contributed by atoms with Crippen molar-refractivity contribution in [3.8, 4) is 0 Å². The standard InChI is InChI=1S/C12H17ClN2O/c1-8-5-6-9(7-10(8)13)15-11(16)12(2,3)14-4/h5-7,14H,1-4H3,(H,15,16). The number of hydrogen-bond acceptors (Lipinski definition) is 2. The van der Waals surface area contributed by atoms with E-state index in [2.05, 4.69) is 10.6 Å². The van der Waals surface area contributed by atoms with Crippen LogP contribution < -0.4 is 10.6 Å². The Morgan fingerprint density at radius 3 is 2.50 bits per heavy atom. The van der Waals surface area contributed by atoms with Crippen LogP contribution in [0, 0.1) is 6.92 Å². The lowest BCUT2D eigenvalue weighted by atomic mass is 10.1. The molecule has 0 aromatic heterocycles. The summed E-state index contributed by atoms with van der Waals surface area (Å²) in [4.78, 5) is 11.8. The number of nitrogens with one attached hydrogen (secondary N) is 2. The molecule has 0 saturated heterocycles. The maximum absolute atomic E-state index is 11.8. The third-order valence-electron chi connectivity index (χ3n) is 2.62. The van der Waals surface area contributed by atoms with Crippen molar-refractivity contribution in [3.63, 3.8) is 0 Å². The molecule has 0 unspecified atom stereocenters. The molecule has 2 N–H and O–H groups in total. The Morgan fingerprint density at radius 1 is 1.38 bits per heavy atom. The molecule has 1 amide bonds. The van der Waals surface area contributed by atoms with Gasteiger partial charge < -0.3 is 10.6 Å². The lowest BCUT2D eigenvalue weighted by molar-refractivity contribution is -0.121. The molecule has 16 heavy (non-hydrogen) atoms. The fraction of sp³-hybridized carbons (Fsp3) is 0.417. The topological polar surface area (TPSA) is 41.1 Å². The van der Waals surface area contributed by atoms with Crippen molar-refractivity contribution in [3.05, 3.63) is 28.8 Å². The third-order valence-corrected chi connectivity index (χ3v) is 3.03. The van der Waals surface area contributed by atoms with Gasteiger partial charge in [0, 0.05) is 10.7 Å². The molecule has 1 aromatic carbocycles. The number of likely N-dealkylation sites (N-methyl/N-ethyl adjacent to an activating group) is 1. The molecular formula is C12H17ClN2O. The van der Waals surface area contributed by atoms with Crippen molar-refractivity contribution in [2.75, 3.05) is 12.4 Å². The highest BCUT2D eigenvalue weighted by atomic mass is 35.5. The van der Waals surface area contributed by atoms with Crippen LogP contribution in [0.15, 0.2) is 18.2 Å². The van der Waals surface area contributed by atoms with E-state index in [-0.39, 0.29) is 5.91 Å². The predicted molar refractivity (Wildman–Crippen MR) is 68.0 cm³/mol. The van der Waals surface area contributed by atoms with Gasteiger partial charge in [-0.2, -0.15) is 0 Å². The van der Waals surface area contributed by atoms with Gasteiger partial charge in [0.1, 0.15) is 0 Å². The molecule has 0 fully saturated rings. The van der Waals surface area contributed by atoms with Crippen LogP contribution in [-0.2, 0) is 4.79 Å². The van der Waals surface area contributed by atoms with E-state index in [1.807, 2.05) is 32.9 Å². The zero-order valence-electron chi connectivity index (χ0n) is 10.0. The van der Waals surface area contributed by atoms with E-state index in [9.17, 15) is 4.79 Å². The van der Waals surface area contributed by atoms with Crippen molar-refractivity contribution in [1.29, 1.82) is 0 Å². The molecule has 0 aliphatic carbocycles. The minimum absolute atomic E-state index is 0.0880. The first-order valence-corrected chi connectivity index (χ1v) is 5.51. The number of halogens is 1. The van der Waals surface area contributed by atoms with Gasteiger partial charge in [-0.3, -0.25) is 4.79 Å². The second kappa shape index (κ2) is 4.85. The third kappa shape index (κ3) is 2.97. The minimum atomic E-state index is -0.600. The number of hydrogen-bond donors (Lipinski definition) is 2. The van der Waals surface area contributed by atoms with E-state index in [1.54, 1.807) is 13.1 Å². The van der Waals surface area contributed by atoms with Gasteiger partial charge in [-0.1, -0.05) is 17.7 Å².